The van der Waals surface area contributed by atoms with Crippen LogP contribution in [0.4, 0.5) is 5.69 Å². The molecule has 0 spiro atoms. The lowest BCUT2D eigenvalue weighted by molar-refractivity contribution is -0.384. The van der Waals surface area contributed by atoms with Crippen molar-refractivity contribution in [2.24, 2.45) is 0 Å². The first-order valence-corrected chi connectivity index (χ1v) is 12.0. The minimum absolute atomic E-state index is 0.0230. The largest absolute Gasteiger partial charge is 0.493 e. The molecule has 0 aliphatic heterocycles. The lowest BCUT2D eigenvalue weighted by Gasteiger charge is -2.13. The van der Waals surface area contributed by atoms with Crippen LogP contribution in [0.5, 0.6) is 11.5 Å². The van der Waals surface area contributed by atoms with Crippen LogP contribution in [0, 0.1) is 21.4 Å². The molecule has 1 aromatic heterocycles. The van der Waals surface area contributed by atoms with Crippen LogP contribution in [0.3, 0.4) is 0 Å². The number of nitriles is 1. The van der Waals surface area contributed by atoms with E-state index < -0.39 is 10.8 Å². The average molecular weight is 531 g/mol. The molecule has 1 heterocycles. The van der Waals surface area contributed by atoms with Crippen molar-refractivity contribution in [3.05, 3.63) is 104 Å². The lowest BCUT2D eigenvalue weighted by Crippen LogP contribution is -2.26. The molecule has 192 valence electrons. The second-order valence-electron chi connectivity index (χ2n) is 8.29. The van der Waals surface area contributed by atoms with Crippen LogP contribution < -0.4 is 14.8 Å². The predicted molar refractivity (Wildman–Crippen MR) is 144 cm³/mol. The number of aromatic nitrogens is 1. The SMILES string of the molecule is COc1cc(/C=C(/C#N)C(=O)NCCc2c[nH]c3ccccc23)cc(Cl)c1OCc1cccc([N+](=O)[O-])c1. The van der Waals surface area contributed by atoms with Crippen LogP contribution in [0.2, 0.25) is 5.02 Å². The van der Waals surface area contributed by atoms with Crippen LogP contribution in [0.15, 0.2) is 72.4 Å². The van der Waals surface area contributed by atoms with E-state index in [2.05, 4.69) is 10.3 Å². The van der Waals surface area contributed by atoms with E-state index in [9.17, 15) is 20.2 Å². The molecular formula is C28H23ClN4O5. The van der Waals surface area contributed by atoms with Crippen molar-refractivity contribution < 1.29 is 19.2 Å². The average Bonchev–Trinajstić information content (AvgIpc) is 3.33. The number of nitro benzene ring substituents is 1. The summed E-state index contributed by atoms with van der Waals surface area (Å²) in [7, 11) is 1.43. The summed E-state index contributed by atoms with van der Waals surface area (Å²) >= 11 is 6.43. The smallest absolute Gasteiger partial charge is 0.269 e. The molecule has 0 aliphatic rings. The Balaban J connectivity index is 1.44. The number of hydrogen-bond donors (Lipinski definition) is 2. The van der Waals surface area contributed by atoms with Crippen molar-refractivity contribution in [1.82, 2.24) is 10.3 Å². The molecule has 4 aromatic rings. The Kier molecular flexibility index (Phi) is 8.26. The quantitative estimate of drug-likeness (QED) is 0.119. The second kappa shape index (κ2) is 12.0. The first-order chi connectivity index (χ1) is 18.4. The number of non-ortho nitro benzene ring substituents is 1. The first-order valence-electron chi connectivity index (χ1n) is 11.6. The van der Waals surface area contributed by atoms with Gasteiger partial charge in [-0.3, -0.25) is 14.9 Å². The van der Waals surface area contributed by atoms with Gasteiger partial charge in [0.1, 0.15) is 18.2 Å². The van der Waals surface area contributed by atoms with Gasteiger partial charge in [0.25, 0.3) is 11.6 Å². The number of benzene rings is 3. The van der Waals surface area contributed by atoms with Crippen LogP contribution >= 0.6 is 11.6 Å². The number of rotatable bonds is 10. The molecule has 0 unspecified atom stereocenters. The van der Waals surface area contributed by atoms with E-state index in [-0.39, 0.29) is 34.4 Å². The summed E-state index contributed by atoms with van der Waals surface area (Å²) in [4.78, 5) is 26.4. The van der Waals surface area contributed by atoms with Gasteiger partial charge >= 0.3 is 0 Å². The number of amides is 1. The molecule has 9 nitrogen and oxygen atoms in total. The summed E-state index contributed by atoms with van der Waals surface area (Å²) in [5, 5.41) is 24.7. The van der Waals surface area contributed by atoms with Crippen molar-refractivity contribution in [3.63, 3.8) is 0 Å². The number of fused-ring (bicyclic) bond motifs is 1. The maximum Gasteiger partial charge on any atom is 0.269 e. The minimum Gasteiger partial charge on any atom is -0.493 e. The van der Waals surface area contributed by atoms with E-state index >= 15 is 0 Å². The minimum atomic E-state index is -0.506. The Labute approximate surface area is 223 Å². The molecule has 0 aliphatic carbocycles. The van der Waals surface area contributed by atoms with E-state index in [0.29, 0.717) is 24.1 Å². The van der Waals surface area contributed by atoms with Crippen molar-refractivity contribution in [2.75, 3.05) is 13.7 Å². The van der Waals surface area contributed by atoms with Crippen molar-refractivity contribution in [3.8, 4) is 17.6 Å². The van der Waals surface area contributed by atoms with E-state index in [0.717, 1.165) is 16.5 Å². The molecule has 0 saturated carbocycles. The predicted octanol–water partition coefficient (Wildman–Crippen LogP) is 5.58. The maximum atomic E-state index is 12.7. The van der Waals surface area contributed by atoms with Crippen molar-refractivity contribution in [1.29, 1.82) is 5.26 Å². The van der Waals surface area contributed by atoms with E-state index in [1.165, 1.54) is 25.3 Å². The van der Waals surface area contributed by atoms with Gasteiger partial charge in [-0.25, -0.2) is 0 Å². The third-order valence-electron chi connectivity index (χ3n) is 5.79. The summed E-state index contributed by atoms with van der Waals surface area (Å²) < 4.78 is 11.2. The molecule has 0 saturated heterocycles. The normalized spacial score (nSPS) is 11.1. The number of hydrogen-bond acceptors (Lipinski definition) is 6. The zero-order valence-electron chi connectivity index (χ0n) is 20.4. The number of halogens is 1. The maximum absolute atomic E-state index is 12.7. The molecule has 2 N–H and O–H groups in total. The number of carbonyl (C=O) groups excluding carboxylic acids is 1. The Morgan fingerprint density at radius 2 is 2.03 bits per heavy atom. The lowest BCUT2D eigenvalue weighted by atomic mass is 10.1. The number of H-pyrrole nitrogens is 1. The standard InChI is InChI=1S/C28H23ClN4O5/c1-37-26-14-19(13-24(29)27(26)38-17-18-5-4-6-22(12-18)33(35)36)11-21(15-30)28(34)31-10-9-20-16-32-25-8-3-2-7-23(20)25/h2-8,11-14,16,32H,9-10,17H2,1H3,(H,31,34)/b21-11-. The monoisotopic (exact) mass is 530 g/mol. The van der Waals surface area contributed by atoms with E-state index in [4.69, 9.17) is 21.1 Å². The van der Waals surface area contributed by atoms with Gasteiger partial charge in [-0.2, -0.15) is 5.26 Å². The van der Waals surface area contributed by atoms with Crippen molar-refractivity contribution >= 4 is 40.2 Å². The zero-order chi connectivity index (χ0) is 27.1. The van der Waals surface area contributed by atoms with Crippen LogP contribution in [0.25, 0.3) is 17.0 Å². The summed E-state index contributed by atoms with van der Waals surface area (Å²) in [5.41, 5.74) is 3.01. The number of nitrogens with one attached hydrogen (secondary N) is 2. The fourth-order valence-corrected chi connectivity index (χ4v) is 4.21. The number of aromatic amines is 1. The summed E-state index contributed by atoms with van der Waals surface area (Å²) in [5.74, 6) is 0.0131. The van der Waals surface area contributed by atoms with Crippen molar-refractivity contribution in [2.45, 2.75) is 13.0 Å². The molecule has 0 atom stereocenters. The molecule has 10 heteroatoms. The highest BCUT2D eigenvalue weighted by Crippen LogP contribution is 2.37. The van der Waals surface area contributed by atoms with E-state index in [1.807, 2.05) is 36.5 Å². The van der Waals surface area contributed by atoms with Gasteiger partial charge in [0, 0.05) is 35.8 Å². The third-order valence-corrected chi connectivity index (χ3v) is 6.07. The van der Waals surface area contributed by atoms with Gasteiger partial charge in [0.15, 0.2) is 11.5 Å². The summed E-state index contributed by atoms with van der Waals surface area (Å²) in [6.07, 6.45) is 3.93. The summed E-state index contributed by atoms with van der Waals surface area (Å²) in [6, 6.07) is 19.0. The highest BCUT2D eigenvalue weighted by molar-refractivity contribution is 6.32. The molecule has 1 amide bonds. The fraction of sp³-hybridized carbons (Fsp3) is 0.143. The number of carbonyl (C=O) groups is 1. The highest BCUT2D eigenvalue weighted by Gasteiger charge is 2.15. The van der Waals surface area contributed by atoms with Crippen LogP contribution in [-0.2, 0) is 17.8 Å². The first kappa shape index (κ1) is 26.3. The van der Waals surface area contributed by atoms with Gasteiger partial charge in [0.2, 0.25) is 0 Å². The highest BCUT2D eigenvalue weighted by atomic mass is 35.5. The molecular weight excluding hydrogens is 508 g/mol. The number of para-hydroxylation sites is 1. The zero-order valence-corrected chi connectivity index (χ0v) is 21.1. The Morgan fingerprint density at radius 1 is 1.21 bits per heavy atom. The number of nitrogens with zero attached hydrogens (tertiary/aromatic N) is 2. The Morgan fingerprint density at radius 3 is 2.79 bits per heavy atom. The molecule has 4 rings (SSSR count). The van der Waals surface area contributed by atoms with Gasteiger partial charge in [-0.05, 0) is 47.4 Å². The fourth-order valence-electron chi connectivity index (χ4n) is 3.94. The molecule has 3 aromatic carbocycles. The topological polar surface area (TPSA) is 130 Å². The second-order valence-corrected chi connectivity index (χ2v) is 8.69. The summed E-state index contributed by atoms with van der Waals surface area (Å²) in [6.45, 7) is 0.378. The Hall–Kier alpha value is -4.81. The number of ether oxygens (including phenoxy) is 2. The van der Waals surface area contributed by atoms with Gasteiger partial charge in [-0.15, -0.1) is 0 Å². The molecule has 0 radical (unpaired) electrons. The van der Waals surface area contributed by atoms with E-state index in [1.54, 1.807) is 24.3 Å². The molecule has 0 fully saturated rings. The third kappa shape index (κ3) is 6.11. The van der Waals surface area contributed by atoms with Gasteiger partial charge in [-0.1, -0.05) is 41.9 Å². The van der Waals surface area contributed by atoms with Gasteiger partial charge in [0.05, 0.1) is 17.1 Å². The van der Waals surface area contributed by atoms with Gasteiger partial charge < -0.3 is 19.8 Å². The number of methoxy groups -OCH3 is 1. The van der Waals surface area contributed by atoms with Crippen LogP contribution in [0.1, 0.15) is 16.7 Å². The molecule has 0 bridgehead atoms. The molecule has 38 heavy (non-hydrogen) atoms. The Bertz CT molecular complexity index is 1570. The van der Waals surface area contributed by atoms with Crippen LogP contribution in [-0.4, -0.2) is 29.5 Å². The number of nitro groups is 1.